The van der Waals surface area contributed by atoms with Gasteiger partial charge in [0.1, 0.15) is 6.04 Å². The summed E-state index contributed by atoms with van der Waals surface area (Å²) in [5, 5.41) is 8.81. The fourth-order valence-electron chi connectivity index (χ4n) is 4.55. The number of amides is 5. The fraction of sp³-hybridized carbons (Fsp3) is 0.677. The SMILES string of the molecule is CCC(NC(=O)N1C(=O)CC1SCCC(C)CCNC(=O)C(NC(=O)CC(C)(C)C)C(C)(C)C)c1ccccc1. The summed E-state index contributed by atoms with van der Waals surface area (Å²) in [4.78, 5) is 51.9. The van der Waals surface area contributed by atoms with Gasteiger partial charge in [0.25, 0.3) is 0 Å². The molecule has 1 saturated heterocycles. The molecule has 224 valence electrons. The number of carbonyl (C=O) groups is 4. The second kappa shape index (κ2) is 14.9. The van der Waals surface area contributed by atoms with Gasteiger partial charge in [-0.15, -0.1) is 11.8 Å². The summed E-state index contributed by atoms with van der Waals surface area (Å²) in [7, 11) is 0. The zero-order valence-electron chi connectivity index (χ0n) is 25.6. The molecule has 1 fully saturated rings. The van der Waals surface area contributed by atoms with Gasteiger partial charge in [0.05, 0.1) is 17.8 Å². The van der Waals surface area contributed by atoms with E-state index in [4.69, 9.17) is 0 Å². The molecule has 0 bridgehead atoms. The number of benzene rings is 1. The van der Waals surface area contributed by atoms with Gasteiger partial charge in [0.15, 0.2) is 0 Å². The van der Waals surface area contributed by atoms with E-state index < -0.39 is 11.5 Å². The van der Waals surface area contributed by atoms with Crippen LogP contribution in [0.2, 0.25) is 0 Å². The molecule has 1 aliphatic heterocycles. The summed E-state index contributed by atoms with van der Waals surface area (Å²) in [5.41, 5.74) is 0.471. The maximum atomic E-state index is 12.9. The second-order valence-corrected chi connectivity index (χ2v) is 14.5. The van der Waals surface area contributed by atoms with Gasteiger partial charge >= 0.3 is 6.03 Å². The summed E-state index contributed by atoms with van der Waals surface area (Å²) in [5.74, 6) is 0.760. The predicted octanol–water partition coefficient (Wildman–Crippen LogP) is 5.64. The number of β-lactam (4-membered cyclic amide) rings is 1. The topological polar surface area (TPSA) is 108 Å². The second-order valence-electron chi connectivity index (χ2n) is 13.2. The van der Waals surface area contributed by atoms with E-state index in [0.717, 1.165) is 30.6 Å². The van der Waals surface area contributed by atoms with Gasteiger partial charge in [-0.25, -0.2) is 4.79 Å². The Bertz CT molecular complexity index is 1000. The Morgan fingerprint density at radius 2 is 1.68 bits per heavy atom. The van der Waals surface area contributed by atoms with Crippen molar-refractivity contribution in [3.8, 4) is 0 Å². The highest BCUT2D eigenvalue weighted by Gasteiger charge is 2.41. The van der Waals surface area contributed by atoms with Crippen molar-refractivity contribution in [3.63, 3.8) is 0 Å². The third kappa shape index (κ3) is 10.8. The van der Waals surface area contributed by atoms with E-state index in [0.29, 0.717) is 25.3 Å². The molecule has 9 heteroatoms. The van der Waals surface area contributed by atoms with Crippen molar-refractivity contribution in [2.24, 2.45) is 16.7 Å². The number of imide groups is 1. The van der Waals surface area contributed by atoms with E-state index in [2.05, 4.69) is 22.9 Å². The van der Waals surface area contributed by atoms with Crippen LogP contribution >= 0.6 is 11.8 Å². The lowest BCUT2D eigenvalue weighted by Gasteiger charge is -2.39. The van der Waals surface area contributed by atoms with Gasteiger partial charge in [0, 0.05) is 13.0 Å². The Kier molecular flexibility index (Phi) is 12.5. The molecule has 0 aromatic heterocycles. The van der Waals surface area contributed by atoms with Crippen LogP contribution in [-0.4, -0.2) is 52.4 Å². The Labute approximate surface area is 245 Å². The van der Waals surface area contributed by atoms with Crippen molar-refractivity contribution >= 4 is 35.5 Å². The summed E-state index contributed by atoms with van der Waals surface area (Å²) in [6.45, 7) is 16.5. The Balaban J connectivity index is 1.75. The standard InChI is InChI=1S/C31H50N4O4S/c1-9-23(22-13-11-10-12-14-22)33-29(39)35-25(37)19-26(35)40-18-16-21(2)15-17-32-28(38)27(31(6,7)8)34-24(36)20-30(3,4)5/h10-14,21,23,26-27H,9,15-20H2,1-8H3,(H,32,38)(H,33,39)(H,34,36). The molecule has 4 atom stereocenters. The molecule has 1 heterocycles. The van der Waals surface area contributed by atoms with Crippen LogP contribution in [0.25, 0.3) is 0 Å². The van der Waals surface area contributed by atoms with Crippen molar-refractivity contribution in [1.82, 2.24) is 20.9 Å². The number of rotatable bonds is 13. The van der Waals surface area contributed by atoms with Crippen molar-refractivity contribution in [2.75, 3.05) is 12.3 Å². The Hall–Kier alpha value is -2.55. The van der Waals surface area contributed by atoms with Crippen LogP contribution in [0.1, 0.15) is 99.1 Å². The van der Waals surface area contributed by atoms with Crippen molar-refractivity contribution in [3.05, 3.63) is 35.9 Å². The van der Waals surface area contributed by atoms with Gasteiger partial charge in [-0.2, -0.15) is 0 Å². The van der Waals surface area contributed by atoms with Crippen LogP contribution in [-0.2, 0) is 14.4 Å². The molecule has 0 aliphatic carbocycles. The zero-order chi connectivity index (χ0) is 30.1. The molecule has 0 radical (unpaired) electrons. The monoisotopic (exact) mass is 574 g/mol. The van der Waals surface area contributed by atoms with Gasteiger partial charge in [0.2, 0.25) is 17.7 Å². The maximum absolute atomic E-state index is 12.9. The molecule has 1 aromatic carbocycles. The van der Waals surface area contributed by atoms with Crippen LogP contribution in [0.15, 0.2) is 30.3 Å². The molecule has 3 N–H and O–H groups in total. The molecule has 1 aliphatic rings. The van der Waals surface area contributed by atoms with Crippen LogP contribution in [0.3, 0.4) is 0 Å². The predicted molar refractivity (Wildman–Crippen MR) is 163 cm³/mol. The van der Waals surface area contributed by atoms with Gasteiger partial charge < -0.3 is 16.0 Å². The number of hydrogen-bond donors (Lipinski definition) is 3. The number of likely N-dealkylation sites (tertiary alicyclic amines) is 1. The van der Waals surface area contributed by atoms with E-state index in [1.807, 2.05) is 78.8 Å². The molecule has 1 aromatic rings. The minimum atomic E-state index is -0.601. The highest BCUT2D eigenvalue weighted by Crippen LogP contribution is 2.31. The summed E-state index contributed by atoms with van der Waals surface area (Å²) in [6.07, 6.45) is 3.19. The quantitative estimate of drug-likeness (QED) is 0.264. The number of nitrogens with one attached hydrogen (secondary N) is 3. The van der Waals surface area contributed by atoms with Gasteiger partial charge in [-0.1, -0.05) is 85.7 Å². The van der Waals surface area contributed by atoms with E-state index in [9.17, 15) is 19.2 Å². The van der Waals surface area contributed by atoms with Crippen LogP contribution < -0.4 is 16.0 Å². The molecule has 40 heavy (non-hydrogen) atoms. The van der Waals surface area contributed by atoms with E-state index in [1.54, 1.807) is 11.8 Å². The zero-order valence-corrected chi connectivity index (χ0v) is 26.5. The molecule has 0 saturated carbocycles. The molecule has 5 amide bonds. The molecule has 0 spiro atoms. The average Bonchev–Trinajstić information content (AvgIpc) is 2.83. The van der Waals surface area contributed by atoms with Crippen molar-refractivity contribution in [2.45, 2.75) is 105 Å². The summed E-state index contributed by atoms with van der Waals surface area (Å²) < 4.78 is 0. The third-order valence-electron chi connectivity index (χ3n) is 7.01. The highest BCUT2D eigenvalue weighted by atomic mass is 32.2. The van der Waals surface area contributed by atoms with Crippen molar-refractivity contribution < 1.29 is 19.2 Å². The van der Waals surface area contributed by atoms with Gasteiger partial charge in [-0.05, 0) is 47.3 Å². The van der Waals surface area contributed by atoms with E-state index in [-0.39, 0.29) is 40.6 Å². The average molecular weight is 575 g/mol. The minimum Gasteiger partial charge on any atom is -0.354 e. The lowest BCUT2D eigenvalue weighted by atomic mass is 9.85. The minimum absolute atomic E-state index is 0.115. The third-order valence-corrected chi connectivity index (χ3v) is 8.25. The first-order valence-electron chi connectivity index (χ1n) is 14.5. The number of hydrogen-bond acceptors (Lipinski definition) is 5. The fourth-order valence-corrected chi connectivity index (χ4v) is 5.99. The largest absolute Gasteiger partial charge is 0.354 e. The lowest BCUT2D eigenvalue weighted by molar-refractivity contribution is -0.137. The smallest absolute Gasteiger partial charge is 0.325 e. The Morgan fingerprint density at radius 1 is 1.02 bits per heavy atom. The first-order valence-corrected chi connectivity index (χ1v) is 15.5. The molecule has 4 unspecified atom stereocenters. The number of urea groups is 1. The highest BCUT2D eigenvalue weighted by molar-refractivity contribution is 8.00. The first kappa shape index (κ1) is 33.7. The summed E-state index contributed by atoms with van der Waals surface area (Å²) in [6, 6.07) is 8.73. The number of nitrogens with zero attached hydrogens (tertiary/aromatic N) is 1. The van der Waals surface area contributed by atoms with Crippen LogP contribution in [0.4, 0.5) is 4.79 Å². The first-order chi connectivity index (χ1) is 18.6. The number of thioether (sulfide) groups is 1. The van der Waals surface area contributed by atoms with E-state index >= 15 is 0 Å². The lowest BCUT2D eigenvalue weighted by Crippen LogP contribution is -2.57. The maximum Gasteiger partial charge on any atom is 0.325 e. The molecular formula is C31H50N4O4S. The molecule has 8 nitrogen and oxygen atoms in total. The number of carbonyl (C=O) groups excluding carboxylic acids is 4. The van der Waals surface area contributed by atoms with Gasteiger partial charge in [-0.3, -0.25) is 19.3 Å². The molecular weight excluding hydrogens is 524 g/mol. The van der Waals surface area contributed by atoms with Crippen LogP contribution in [0, 0.1) is 16.7 Å². The Morgan fingerprint density at radius 3 is 2.23 bits per heavy atom. The molecule has 2 rings (SSSR count). The van der Waals surface area contributed by atoms with Crippen LogP contribution in [0.5, 0.6) is 0 Å². The summed E-state index contributed by atoms with van der Waals surface area (Å²) >= 11 is 1.63. The van der Waals surface area contributed by atoms with Crippen molar-refractivity contribution in [1.29, 1.82) is 0 Å². The van der Waals surface area contributed by atoms with E-state index in [1.165, 1.54) is 4.90 Å². The normalized spacial score (nSPS) is 17.9.